The molecule has 0 spiro atoms. The molecular weight excluding hydrogens is 258 g/mol. The van der Waals surface area contributed by atoms with Crippen molar-refractivity contribution in [1.29, 1.82) is 0 Å². The maximum Gasteiger partial charge on any atom is 0.0727 e. The standard InChI is InChI=1S/C19H29NO/c1-18-9-7-13(21)11-12(18)3-4-14-15-5-6-17(20)19(15,2)10-8-16(14)18/h3-4,7,9,12-17,21H,5-6,8,10-11,20H2,1-2H3/t12?,13?,14-,15-,16+,17?,18-,19-/m0/s1. The number of hydrogen-bond donors (Lipinski definition) is 2. The zero-order valence-electron chi connectivity index (χ0n) is 13.3. The average molecular weight is 287 g/mol. The zero-order valence-corrected chi connectivity index (χ0v) is 13.3. The van der Waals surface area contributed by atoms with Crippen LogP contribution in [0, 0.1) is 34.5 Å². The molecular formula is C19H29NO. The second-order valence-corrected chi connectivity index (χ2v) is 8.54. The van der Waals surface area contributed by atoms with Crippen LogP contribution in [-0.2, 0) is 0 Å². The quantitative estimate of drug-likeness (QED) is 0.672. The van der Waals surface area contributed by atoms with E-state index >= 15 is 0 Å². The van der Waals surface area contributed by atoms with E-state index in [2.05, 4.69) is 32.1 Å². The van der Waals surface area contributed by atoms with Gasteiger partial charge >= 0.3 is 0 Å². The van der Waals surface area contributed by atoms with Crippen molar-refractivity contribution in [2.24, 2.45) is 40.2 Å². The van der Waals surface area contributed by atoms with Gasteiger partial charge < -0.3 is 10.8 Å². The van der Waals surface area contributed by atoms with Gasteiger partial charge in [0.05, 0.1) is 6.10 Å². The molecule has 2 nitrogen and oxygen atoms in total. The lowest BCUT2D eigenvalue weighted by Gasteiger charge is -2.56. The number of aliphatic hydroxyl groups excluding tert-OH is 1. The molecule has 0 aromatic carbocycles. The summed E-state index contributed by atoms with van der Waals surface area (Å²) in [6.45, 7) is 4.87. The van der Waals surface area contributed by atoms with Gasteiger partial charge in [0.15, 0.2) is 0 Å². The summed E-state index contributed by atoms with van der Waals surface area (Å²) in [5.74, 6) is 2.71. The van der Waals surface area contributed by atoms with Gasteiger partial charge in [-0.1, -0.05) is 38.2 Å². The summed E-state index contributed by atoms with van der Waals surface area (Å²) >= 11 is 0. The van der Waals surface area contributed by atoms with Gasteiger partial charge in [-0.15, -0.1) is 0 Å². The Balaban J connectivity index is 1.71. The Labute approximate surface area is 128 Å². The highest BCUT2D eigenvalue weighted by atomic mass is 16.3. The van der Waals surface area contributed by atoms with Crippen LogP contribution < -0.4 is 5.73 Å². The summed E-state index contributed by atoms with van der Waals surface area (Å²) in [6.07, 6.45) is 15.0. The zero-order chi connectivity index (χ0) is 14.8. The molecule has 0 aromatic rings. The molecule has 21 heavy (non-hydrogen) atoms. The lowest BCUT2D eigenvalue weighted by molar-refractivity contribution is -0.0229. The number of hydrogen-bond acceptors (Lipinski definition) is 2. The predicted octanol–water partition coefficient (Wildman–Crippen LogP) is 3.27. The van der Waals surface area contributed by atoms with Crippen molar-refractivity contribution in [3.05, 3.63) is 24.3 Å². The third-order valence-electron chi connectivity index (χ3n) is 7.74. The summed E-state index contributed by atoms with van der Waals surface area (Å²) in [5, 5.41) is 9.95. The van der Waals surface area contributed by atoms with Crippen LogP contribution in [0.2, 0.25) is 0 Å². The molecule has 4 aliphatic rings. The van der Waals surface area contributed by atoms with E-state index in [0.29, 0.717) is 23.3 Å². The maximum absolute atomic E-state index is 9.95. The number of allylic oxidation sites excluding steroid dienone is 3. The second kappa shape index (κ2) is 4.45. The first kappa shape index (κ1) is 14.0. The molecule has 0 aromatic heterocycles. The smallest absolute Gasteiger partial charge is 0.0727 e. The normalized spacial score (nSPS) is 58.5. The molecule has 2 heteroatoms. The third kappa shape index (κ3) is 1.78. The van der Waals surface area contributed by atoms with Gasteiger partial charge in [0, 0.05) is 6.04 Å². The van der Waals surface area contributed by atoms with Crippen LogP contribution in [0.1, 0.15) is 46.0 Å². The average Bonchev–Trinajstić information content (AvgIpc) is 2.76. The molecule has 0 amide bonds. The van der Waals surface area contributed by atoms with E-state index in [9.17, 15) is 5.11 Å². The minimum Gasteiger partial charge on any atom is -0.389 e. The lowest BCUT2D eigenvalue weighted by Crippen LogP contribution is -2.52. The SMILES string of the molecule is C[C@]12C=CC(O)CC1C=C[C@@H]1[C@H]2CC[C@]2(C)C(N)CC[C@@H]12. The molecule has 2 fully saturated rings. The van der Waals surface area contributed by atoms with E-state index in [1.807, 2.05) is 6.08 Å². The molecule has 8 atom stereocenters. The Hall–Kier alpha value is -0.600. The van der Waals surface area contributed by atoms with E-state index < -0.39 is 0 Å². The molecule has 2 saturated carbocycles. The Kier molecular flexibility index (Phi) is 2.97. The Morgan fingerprint density at radius 1 is 1.05 bits per heavy atom. The number of nitrogens with two attached hydrogens (primary N) is 1. The van der Waals surface area contributed by atoms with E-state index in [4.69, 9.17) is 5.73 Å². The van der Waals surface area contributed by atoms with E-state index in [-0.39, 0.29) is 11.5 Å². The summed E-state index contributed by atoms with van der Waals surface area (Å²) in [6, 6.07) is 0.395. The third-order valence-corrected chi connectivity index (χ3v) is 7.74. The van der Waals surface area contributed by atoms with Crippen LogP contribution in [0.15, 0.2) is 24.3 Å². The summed E-state index contributed by atoms with van der Waals surface area (Å²) < 4.78 is 0. The van der Waals surface area contributed by atoms with Crippen LogP contribution in [0.4, 0.5) is 0 Å². The lowest BCUT2D eigenvalue weighted by atomic mass is 9.48. The number of fused-ring (bicyclic) bond motifs is 5. The first-order chi connectivity index (χ1) is 9.95. The van der Waals surface area contributed by atoms with Crippen LogP contribution >= 0.6 is 0 Å². The molecule has 0 heterocycles. The van der Waals surface area contributed by atoms with Gasteiger partial charge in [-0.25, -0.2) is 0 Å². The first-order valence-corrected chi connectivity index (χ1v) is 8.76. The van der Waals surface area contributed by atoms with Crippen molar-refractivity contribution >= 4 is 0 Å². The summed E-state index contributed by atoms with van der Waals surface area (Å²) in [7, 11) is 0. The molecule has 116 valence electrons. The van der Waals surface area contributed by atoms with Gasteiger partial charge in [-0.2, -0.15) is 0 Å². The predicted molar refractivity (Wildman–Crippen MR) is 85.5 cm³/mol. The fraction of sp³-hybridized carbons (Fsp3) is 0.789. The van der Waals surface area contributed by atoms with Crippen molar-refractivity contribution in [2.75, 3.05) is 0 Å². The topological polar surface area (TPSA) is 46.2 Å². The fourth-order valence-electron chi connectivity index (χ4n) is 6.21. The summed E-state index contributed by atoms with van der Waals surface area (Å²) in [5.41, 5.74) is 7.05. The van der Waals surface area contributed by atoms with Gasteiger partial charge in [-0.3, -0.25) is 0 Å². The highest BCUT2D eigenvalue weighted by molar-refractivity contribution is 5.24. The highest BCUT2D eigenvalue weighted by Crippen LogP contribution is 2.63. The Bertz CT molecular complexity index is 498. The molecule has 4 aliphatic carbocycles. The number of rotatable bonds is 0. The molecule has 0 radical (unpaired) electrons. The molecule has 4 rings (SSSR count). The maximum atomic E-state index is 9.95. The number of aliphatic hydroxyl groups is 1. The minimum atomic E-state index is -0.252. The van der Waals surface area contributed by atoms with E-state index in [1.54, 1.807) is 0 Å². The monoisotopic (exact) mass is 287 g/mol. The van der Waals surface area contributed by atoms with Gasteiger partial charge in [-0.05, 0) is 66.6 Å². The van der Waals surface area contributed by atoms with Gasteiger partial charge in [0.25, 0.3) is 0 Å². The Morgan fingerprint density at radius 3 is 2.67 bits per heavy atom. The summed E-state index contributed by atoms with van der Waals surface area (Å²) in [4.78, 5) is 0. The molecule has 0 bridgehead atoms. The molecule has 3 N–H and O–H groups in total. The van der Waals surface area contributed by atoms with Crippen molar-refractivity contribution < 1.29 is 5.11 Å². The van der Waals surface area contributed by atoms with E-state index in [1.165, 1.54) is 25.7 Å². The Morgan fingerprint density at radius 2 is 1.86 bits per heavy atom. The molecule has 3 unspecified atom stereocenters. The van der Waals surface area contributed by atoms with E-state index in [0.717, 1.165) is 18.3 Å². The van der Waals surface area contributed by atoms with Gasteiger partial charge in [0.1, 0.15) is 0 Å². The van der Waals surface area contributed by atoms with Crippen molar-refractivity contribution in [1.82, 2.24) is 0 Å². The van der Waals surface area contributed by atoms with Crippen LogP contribution in [0.5, 0.6) is 0 Å². The van der Waals surface area contributed by atoms with Crippen LogP contribution in [-0.4, -0.2) is 17.3 Å². The van der Waals surface area contributed by atoms with Crippen molar-refractivity contribution in [2.45, 2.75) is 58.1 Å². The van der Waals surface area contributed by atoms with Crippen LogP contribution in [0.3, 0.4) is 0 Å². The molecule has 0 saturated heterocycles. The molecule has 0 aliphatic heterocycles. The second-order valence-electron chi connectivity index (χ2n) is 8.54. The largest absolute Gasteiger partial charge is 0.389 e. The van der Waals surface area contributed by atoms with Crippen molar-refractivity contribution in [3.8, 4) is 0 Å². The first-order valence-electron chi connectivity index (χ1n) is 8.76. The van der Waals surface area contributed by atoms with Gasteiger partial charge in [0.2, 0.25) is 0 Å². The van der Waals surface area contributed by atoms with Crippen LogP contribution in [0.25, 0.3) is 0 Å². The minimum absolute atomic E-state index is 0.243. The van der Waals surface area contributed by atoms with Crippen molar-refractivity contribution in [3.63, 3.8) is 0 Å². The highest BCUT2D eigenvalue weighted by Gasteiger charge is 2.57. The fourth-order valence-corrected chi connectivity index (χ4v) is 6.21.